The van der Waals surface area contributed by atoms with E-state index in [4.69, 9.17) is 14.2 Å². The zero-order chi connectivity index (χ0) is 57.1. The highest BCUT2D eigenvalue weighted by atomic mass is 16.6. The van der Waals surface area contributed by atoms with Crippen molar-refractivity contribution in [3.8, 4) is 0 Å². The molecular formula is C73H128O6. The van der Waals surface area contributed by atoms with Crippen LogP contribution in [0.3, 0.4) is 0 Å². The van der Waals surface area contributed by atoms with Gasteiger partial charge in [-0.15, -0.1) is 0 Å². The second-order valence-electron chi connectivity index (χ2n) is 22.7. The van der Waals surface area contributed by atoms with Crippen LogP contribution in [0.4, 0.5) is 0 Å². The van der Waals surface area contributed by atoms with Crippen LogP contribution in [-0.2, 0) is 28.6 Å². The fourth-order valence-electron chi connectivity index (χ4n) is 9.82. The summed E-state index contributed by atoms with van der Waals surface area (Å²) in [4.78, 5) is 38.4. The third-order valence-corrected chi connectivity index (χ3v) is 14.9. The monoisotopic (exact) mass is 1100 g/mol. The van der Waals surface area contributed by atoms with Crippen molar-refractivity contribution in [2.24, 2.45) is 0 Å². The Kier molecular flexibility index (Phi) is 64.2. The van der Waals surface area contributed by atoms with Gasteiger partial charge in [0.15, 0.2) is 6.10 Å². The molecule has 0 radical (unpaired) electrons. The molecule has 1 unspecified atom stereocenters. The van der Waals surface area contributed by atoms with E-state index < -0.39 is 6.10 Å². The van der Waals surface area contributed by atoms with E-state index in [1.807, 2.05) is 6.08 Å². The average Bonchev–Trinajstić information content (AvgIpc) is 3.45. The molecule has 0 aliphatic heterocycles. The summed E-state index contributed by atoms with van der Waals surface area (Å²) in [7, 11) is 0. The predicted octanol–water partition coefficient (Wildman–Crippen LogP) is 23.4. The molecule has 0 spiro atoms. The van der Waals surface area contributed by atoms with Crippen LogP contribution < -0.4 is 0 Å². The van der Waals surface area contributed by atoms with Gasteiger partial charge in [-0.3, -0.25) is 14.4 Å². The normalized spacial score (nSPS) is 12.6. The molecule has 6 nitrogen and oxygen atoms in total. The molecule has 0 aromatic carbocycles. The fourth-order valence-corrected chi connectivity index (χ4v) is 9.82. The second-order valence-corrected chi connectivity index (χ2v) is 22.7. The Morgan fingerprint density at radius 2 is 0.519 bits per heavy atom. The molecule has 79 heavy (non-hydrogen) atoms. The summed E-state index contributed by atoms with van der Waals surface area (Å²) < 4.78 is 16.9. The number of rotatable bonds is 62. The Bertz CT molecular complexity index is 1500. The van der Waals surface area contributed by atoms with Crippen LogP contribution in [0, 0.1) is 0 Å². The molecule has 0 aromatic heterocycles. The van der Waals surface area contributed by atoms with Crippen LogP contribution in [0.2, 0.25) is 0 Å². The SMILES string of the molecule is CC/C=C\C/C=C\C/C=C\C/C=C\C/C=C\C/C=C\CCC(=O)OC(COC(=O)CCCCCCCCC/C=C\CCCCCCCC)COC(=O)CCCCCCCCCCCCCCCCCCCCCCCCCCC. The lowest BCUT2D eigenvalue weighted by Crippen LogP contribution is -2.30. The Labute approximate surface area is 490 Å². The Morgan fingerprint density at radius 3 is 0.823 bits per heavy atom. The van der Waals surface area contributed by atoms with Crippen molar-refractivity contribution in [3.63, 3.8) is 0 Å². The maximum absolute atomic E-state index is 12.9. The molecular weight excluding hydrogens is 973 g/mol. The smallest absolute Gasteiger partial charge is 0.306 e. The van der Waals surface area contributed by atoms with Gasteiger partial charge in [0.25, 0.3) is 0 Å². The highest BCUT2D eigenvalue weighted by molar-refractivity contribution is 5.71. The maximum atomic E-state index is 12.9. The van der Waals surface area contributed by atoms with Crippen LogP contribution >= 0.6 is 0 Å². The summed E-state index contributed by atoms with van der Waals surface area (Å²) in [5, 5.41) is 0. The molecule has 6 heteroatoms. The first-order valence-electron chi connectivity index (χ1n) is 34.1. The van der Waals surface area contributed by atoms with Gasteiger partial charge in [0.2, 0.25) is 0 Å². The van der Waals surface area contributed by atoms with E-state index in [9.17, 15) is 14.4 Å². The number of unbranched alkanes of at least 4 members (excludes halogenated alkanes) is 37. The molecule has 0 bridgehead atoms. The van der Waals surface area contributed by atoms with Crippen molar-refractivity contribution in [2.75, 3.05) is 13.2 Å². The average molecular weight is 1100 g/mol. The van der Waals surface area contributed by atoms with E-state index in [2.05, 4.69) is 99.8 Å². The second kappa shape index (κ2) is 67.1. The van der Waals surface area contributed by atoms with Crippen LogP contribution in [0.25, 0.3) is 0 Å². The summed E-state index contributed by atoms with van der Waals surface area (Å²) in [5.41, 5.74) is 0. The van der Waals surface area contributed by atoms with Crippen LogP contribution in [0.5, 0.6) is 0 Å². The van der Waals surface area contributed by atoms with E-state index in [1.54, 1.807) is 0 Å². The van der Waals surface area contributed by atoms with Gasteiger partial charge in [-0.1, -0.05) is 324 Å². The van der Waals surface area contributed by atoms with E-state index >= 15 is 0 Å². The fraction of sp³-hybridized carbons (Fsp3) is 0.767. The number of carbonyl (C=O) groups is 3. The van der Waals surface area contributed by atoms with Crippen molar-refractivity contribution < 1.29 is 28.6 Å². The molecule has 0 rings (SSSR count). The molecule has 0 aromatic rings. The first-order chi connectivity index (χ1) is 39.0. The summed E-state index contributed by atoms with van der Waals surface area (Å²) in [6.07, 6.45) is 89.1. The van der Waals surface area contributed by atoms with E-state index in [0.717, 1.165) is 77.0 Å². The van der Waals surface area contributed by atoms with Crippen LogP contribution in [0.1, 0.15) is 342 Å². The summed E-state index contributed by atoms with van der Waals surface area (Å²) >= 11 is 0. The largest absolute Gasteiger partial charge is 0.462 e. The molecule has 0 amide bonds. The van der Waals surface area contributed by atoms with Crippen LogP contribution in [-0.4, -0.2) is 37.2 Å². The summed E-state index contributed by atoms with van der Waals surface area (Å²) in [6.45, 7) is 6.51. The number of hydrogen-bond donors (Lipinski definition) is 0. The van der Waals surface area contributed by atoms with Gasteiger partial charge >= 0.3 is 17.9 Å². The predicted molar refractivity (Wildman–Crippen MR) is 344 cm³/mol. The number of allylic oxidation sites excluding steroid dienone is 14. The van der Waals surface area contributed by atoms with Crippen molar-refractivity contribution in [1.82, 2.24) is 0 Å². The molecule has 0 fully saturated rings. The van der Waals surface area contributed by atoms with Gasteiger partial charge < -0.3 is 14.2 Å². The van der Waals surface area contributed by atoms with E-state index in [1.165, 1.54) is 218 Å². The lowest BCUT2D eigenvalue weighted by molar-refractivity contribution is -0.166. The van der Waals surface area contributed by atoms with Gasteiger partial charge in [0, 0.05) is 19.3 Å². The number of ether oxygens (including phenoxy) is 3. The van der Waals surface area contributed by atoms with Gasteiger partial charge in [-0.05, 0) is 83.5 Å². The minimum absolute atomic E-state index is 0.105. The van der Waals surface area contributed by atoms with Crippen molar-refractivity contribution in [2.45, 2.75) is 348 Å². The zero-order valence-electron chi connectivity index (χ0n) is 52.4. The quantitative estimate of drug-likeness (QED) is 0.0261. The minimum atomic E-state index is -0.819. The van der Waals surface area contributed by atoms with Gasteiger partial charge in [-0.25, -0.2) is 0 Å². The Hall–Kier alpha value is -3.41. The first-order valence-corrected chi connectivity index (χ1v) is 34.1. The minimum Gasteiger partial charge on any atom is -0.462 e. The molecule has 0 N–H and O–H groups in total. The zero-order valence-corrected chi connectivity index (χ0v) is 52.4. The van der Waals surface area contributed by atoms with Gasteiger partial charge in [-0.2, -0.15) is 0 Å². The van der Waals surface area contributed by atoms with Crippen LogP contribution in [0.15, 0.2) is 85.1 Å². The number of esters is 3. The highest BCUT2D eigenvalue weighted by Crippen LogP contribution is 2.18. The summed E-state index contributed by atoms with van der Waals surface area (Å²) in [6, 6.07) is 0. The molecule has 0 aliphatic rings. The van der Waals surface area contributed by atoms with Crippen molar-refractivity contribution in [3.05, 3.63) is 85.1 Å². The molecule has 0 heterocycles. The third kappa shape index (κ3) is 65.3. The molecule has 0 aliphatic carbocycles. The van der Waals surface area contributed by atoms with E-state index in [-0.39, 0.29) is 37.5 Å². The number of carbonyl (C=O) groups excluding carboxylic acids is 3. The molecule has 0 saturated heterocycles. The topological polar surface area (TPSA) is 78.9 Å². The third-order valence-electron chi connectivity index (χ3n) is 14.9. The summed E-state index contributed by atoms with van der Waals surface area (Å²) in [5.74, 6) is -0.978. The molecule has 1 atom stereocenters. The van der Waals surface area contributed by atoms with Gasteiger partial charge in [0.05, 0.1) is 0 Å². The molecule has 0 saturated carbocycles. The van der Waals surface area contributed by atoms with E-state index in [0.29, 0.717) is 19.3 Å². The van der Waals surface area contributed by atoms with Gasteiger partial charge in [0.1, 0.15) is 13.2 Å². The Balaban J connectivity index is 4.39. The highest BCUT2D eigenvalue weighted by Gasteiger charge is 2.19. The van der Waals surface area contributed by atoms with Crippen molar-refractivity contribution in [1.29, 1.82) is 0 Å². The Morgan fingerprint density at radius 1 is 0.266 bits per heavy atom. The maximum Gasteiger partial charge on any atom is 0.306 e. The van der Waals surface area contributed by atoms with Crippen molar-refractivity contribution >= 4 is 17.9 Å². The number of hydrogen-bond acceptors (Lipinski definition) is 6. The lowest BCUT2D eigenvalue weighted by atomic mass is 10.0. The molecule has 456 valence electrons. The standard InChI is InChI=1S/C73H128O6/c1-4-7-10-13-16-19-22-25-28-31-33-34-35-36-37-38-40-42-45-48-51-54-57-60-63-66-72(75)78-69-70(68-77-71(74)65-62-59-56-53-50-47-44-41-30-27-24-21-18-15-12-9-6-3)79-73(76)67-64-61-58-55-52-49-46-43-39-32-29-26-23-20-17-14-11-8-5-2/h8,11,17,20,26-27,29-30,39,43,49,52,58,61,70H,4-7,9-10,12-16,18-19,21-25,28,31-38,40-42,44-48,50-51,53-57,59-60,62-69H2,1-3H3/b11-8-,20-17-,29-26-,30-27-,43-39-,52-49-,61-58-. The first kappa shape index (κ1) is 75.6. The lowest BCUT2D eigenvalue weighted by Gasteiger charge is -2.18.